The first-order chi connectivity index (χ1) is 11.1. The monoisotopic (exact) mass is 366 g/mol. The Morgan fingerprint density at radius 1 is 1.09 bits per heavy atom. The molecule has 0 N–H and O–H groups in total. The van der Waals surface area contributed by atoms with Crippen LogP contribution in [0.3, 0.4) is 0 Å². The van der Waals surface area contributed by atoms with Crippen LogP contribution in [0.1, 0.15) is 44.0 Å². The minimum absolute atomic E-state index is 0.142. The highest BCUT2D eigenvalue weighted by molar-refractivity contribution is 9.09. The molecule has 3 aromatic rings. The van der Waals surface area contributed by atoms with Crippen LogP contribution in [0.25, 0.3) is 21.8 Å². The van der Waals surface area contributed by atoms with Gasteiger partial charge in [-0.1, -0.05) is 54.0 Å². The first kappa shape index (κ1) is 13.9. The summed E-state index contributed by atoms with van der Waals surface area (Å²) in [4.78, 5) is 10.2. The highest BCUT2D eigenvalue weighted by Crippen LogP contribution is 2.67. The van der Waals surface area contributed by atoms with Crippen molar-refractivity contribution in [2.24, 2.45) is 5.41 Å². The van der Waals surface area contributed by atoms with Crippen molar-refractivity contribution in [3.05, 3.63) is 47.8 Å². The minimum Gasteiger partial charge on any atom is -0.249 e. The van der Waals surface area contributed by atoms with E-state index in [1.165, 1.54) is 35.0 Å². The molecule has 5 rings (SSSR count). The number of alkyl halides is 1. The molecule has 0 radical (unpaired) electrons. The summed E-state index contributed by atoms with van der Waals surface area (Å²) in [5.41, 5.74) is 4.95. The van der Waals surface area contributed by atoms with E-state index >= 15 is 0 Å². The number of nitrogens with zero attached hydrogens (tertiary/aromatic N) is 2. The third kappa shape index (κ3) is 1.54. The molecular formula is C20H19BrN2. The lowest BCUT2D eigenvalue weighted by Gasteiger charge is -2.36. The lowest BCUT2D eigenvalue weighted by molar-refractivity contribution is 0.236. The zero-order valence-corrected chi connectivity index (χ0v) is 15.0. The van der Waals surface area contributed by atoms with Gasteiger partial charge in [-0.3, -0.25) is 0 Å². The summed E-state index contributed by atoms with van der Waals surface area (Å²) in [6, 6.07) is 12.9. The number of hydrogen-bond donors (Lipinski definition) is 0. The van der Waals surface area contributed by atoms with Gasteiger partial charge in [0.15, 0.2) is 0 Å². The van der Waals surface area contributed by atoms with Gasteiger partial charge in [0.2, 0.25) is 0 Å². The van der Waals surface area contributed by atoms with Gasteiger partial charge in [-0.05, 0) is 41.2 Å². The van der Waals surface area contributed by atoms with Crippen LogP contribution in [0.2, 0.25) is 0 Å². The van der Waals surface area contributed by atoms with Crippen molar-refractivity contribution in [3.8, 4) is 0 Å². The maximum absolute atomic E-state index is 5.12. The highest BCUT2D eigenvalue weighted by atomic mass is 79.9. The summed E-state index contributed by atoms with van der Waals surface area (Å²) in [6.07, 6.45) is 2.46. The van der Waals surface area contributed by atoms with E-state index < -0.39 is 0 Å². The topological polar surface area (TPSA) is 25.8 Å². The molecule has 0 amide bonds. The van der Waals surface area contributed by atoms with Crippen molar-refractivity contribution >= 4 is 37.7 Å². The zero-order chi connectivity index (χ0) is 15.8. The van der Waals surface area contributed by atoms with Gasteiger partial charge in [-0.25, -0.2) is 9.97 Å². The van der Waals surface area contributed by atoms with E-state index in [4.69, 9.17) is 9.97 Å². The largest absolute Gasteiger partial charge is 0.249 e. The number of rotatable bonds is 1. The van der Waals surface area contributed by atoms with Crippen LogP contribution >= 0.6 is 15.9 Å². The molecule has 3 atom stereocenters. The zero-order valence-electron chi connectivity index (χ0n) is 13.4. The average Bonchev–Trinajstić information content (AvgIpc) is 2.93. The van der Waals surface area contributed by atoms with Gasteiger partial charge in [0.05, 0.1) is 22.4 Å². The van der Waals surface area contributed by atoms with E-state index in [1.807, 2.05) is 0 Å². The number of fused-ring (bicyclic) bond motifs is 7. The Labute approximate surface area is 144 Å². The maximum Gasteiger partial charge on any atom is 0.0897 e. The Morgan fingerprint density at radius 2 is 1.74 bits per heavy atom. The van der Waals surface area contributed by atoms with Crippen LogP contribution in [-0.2, 0) is 5.41 Å². The lowest BCUT2D eigenvalue weighted by atomic mass is 9.70. The van der Waals surface area contributed by atoms with Crippen molar-refractivity contribution in [1.82, 2.24) is 9.97 Å². The molecule has 2 bridgehead atoms. The van der Waals surface area contributed by atoms with Crippen molar-refractivity contribution in [2.45, 2.75) is 38.0 Å². The molecule has 0 aliphatic heterocycles. The fourth-order valence-corrected chi connectivity index (χ4v) is 5.90. The number of halogens is 1. The second kappa shape index (κ2) is 4.32. The SMILES string of the molecule is C[C@]12CC[C@@H](c3nc4cc5ccccc5cc4nc31)[C@]2(C)CBr. The third-order valence-electron chi connectivity index (χ3n) is 6.65. The predicted octanol–water partition coefficient (Wildman–Crippen LogP) is 5.33. The summed E-state index contributed by atoms with van der Waals surface area (Å²) in [7, 11) is 0. The summed E-state index contributed by atoms with van der Waals surface area (Å²) in [6.45, 7) is 4.80. The first-order valence-corrected chi connectivity index (χ1v) is 9.46. The summed E-state index contributed by atoms with van der Waals surface area (Å²) in [5.74, 6) is 0.533. The quantitative estimate of drug-likeness (QED) is 0.429. The van der Waals surface area contributed by atoms with Gasteiger partial charge in [0, 0.05) is 16.7 Å². The summed E-state index contributed by atoms with van der Waals surface area (Å²) >= 11 is 3.78. The maximum atomic E-state index is 5.12. The Hall–Kier alpha value is -1.48. The standard InChI is InChI=1S/C20H19BrN2/c1-19-8-7-14(20(19,2)11-21)17-18(19)23-16-10-13-6-4-3-5-12(13)9-15(16)22-17/h3-6,9-10,14H,7-8,11H2,1-2H3/t14-,19-,20-/m0/s1. The van der Waals surface area contributed by atoms with Gasteiger partial charge in [-0.2, -0.15) is 0 Å². The predicted molar refractivity (Wildman–Crippen MR) is 98.3 cm³/mol. The van der Waals surface area contributed by atoms with E-state index in [1.54, 1.807) is 0 Å². The number of benzene rings is 2. The fourth-order valence-electron chi connectivity index (χ4n) is 4.89. The molecule has 1 saturated carbocycles. The summed E-state index contributed by atoms with van der Waals surface area (Å²) < 4.78 is 0. The first-order valence-electron chi connectivity index (χ1n) is 8.34. The number of hydrogen-bond acceptors (Lipinski definition) is 2. The van der Waals surface area contributed by atoms with Crippen LogP contribution in [0, 0.1) is 5.41 Å². The lowest BCUT2D eigenvalue weighted by Crippen LogP contribution is -2.36. The van der Waals surface area contributed by atoms with Gasteiger partial charge >= 0.3 is 0 Å². The van der Waals surface area contributed by atoms with Crippen LogP contribution in [-0.4, -0.2) is 15.3 Å². The molecule has 0 spiro atoms. The molecule has 2 aliphatic carbocycles. The fraction of sp³-hybridized carbons (Fsp3) is 0.400. The van der Waals surface area contributed by atoms with Gasteiger partial charge in [0.1, 0.15) is 0 Å². The molecule has 3 heteroatoms. The van der Waals surface area contributed by atoms with Gasteiger partial charge < -0.3 is 0 Å². The Morgan fingerprint density at radius 3 is 2.39 bits per heavy atom. The molecule has 2 aliphatic rings. The van der Waals surface area contributed by atoms with Crippen LogP contribution in [0.4, 0.5) is 0 Å². The summed E-state index contributed by atoms with van der Waals surface area (Å²) in [5, 5.41) is 3.50. The minimum atomic E-state index is 0.142. The molecule has 1 fully saturated rings. The van der Waals surface area contributed by atoms with E-state index in [0.717, 1.165) is 16.4 Å². The van der Waals surface area contributed by atoms with E-state index in [2.05, 4.69) is 66.2 Å². The van der Waals surface area contributed by atoms with Crippen LogP contribution in [0.15, 0.2) is 36.4 Å². The number of aromatic nitrogens is 2. The second-order valence-electron chi connectivity index (χ2n) is 7.62. The van der Waals surface area contributed by atoms with Gasteiger partial charge in [0.25, 0.3) is 0 Å². The Kier molecular flexibility index (Phi) is 2.62. The molecular weight excluding hydrogens is 348 g/mol. The van der Waals surface area contributed by atoms with Crippen molar-refractivity contribution in [2.75, 3.05) is 5.33 Å². The normalized spacial score (nSPS) is 31.9. The van der Waals surface area contributed by atoms with Crippen molar-refractivity contribution in [3.63, 3.8) is 0 Å². The molecule has 0 saturated heterocycles. The van der Waals surface area contributed by atoms with Crippen LogP contribution < -0.4 is 0 Å². The van der Waals surface area contributed by atoms with Crippen LogP contribution in [0.5, 0.6) is 0 Å². The average molecular weight is 367 g/mol. The molecule has 0 unspecified atom stereocenters. The van der Waals surface area contributed by atoms with Gasteiger partial charge in [-0.15, -0.1) is 0 Å². The molecule has 2 nitrogen and oxygen atoms in total. The third-order valence-corrected chi connectivity index (χ3v) is 7.82. The van der Waals surface area contributed by atoms with Crippen molar-refractivity contribution < 1.29 is 0 Å². The van der Waals surface area contributed by atoms with Crippen molar-refractivity contribution in [1.29, 1.82) is 0 Å². The van der Waals surface area contributed by atoms with E-state index in [-0.39, 0.29) is 10.8 Å². The molecule has 23 heavy (non-hydrogen) atoms. The Bertz CT molecular complexity index is 966. The smallest absolute Gasteiger partial charge is 0.0897 e. The molecule has 116 valence electrons. The molecule has 1 heterocycles. The van der Waals surface area contributed by atoms with E-state index in [0.29, 0.717) is 5.92 Å². The van der Waals surface area contributed by atoms with E-state index in [9.17, 15) is 0 Å². The molecule has 1 aromatic heterocycles. The highest BCUT2D eigenvalue weighted by Gasteiger charge is 2.63. The second-order valence-corrected chi connectivity index (χ2v) is 8.18. The molecule has 2 aromatic carbocycles. The Balaban J connectivity index is 1.84.